The summed E-state index contributed by atoms with van der Waals surface area (Å²) in [5, 5.41) is 3.37. The van der Waals surface area contributed by atoms with E-state index in [0.717, 1.165) is 44.6 Å². The van der Waals surface area contributed by atoms with E-state index in [9.17, 15) is 8.78 Å². The molecule has 0 spiro atoms. The minimum Gasteiger partial charge on any atom is -0.395 e. The monoisotopic (exact) mass is 410 g/mol. The number of fused-ring (bicyclic) bond motifs is 1. The first-order chi connectivity index (χ1) is 11.6. The summed E-state index contributed by atoms with van der Waals surface area (Å²) in [5.74, 6) is 0.881. The van der Waals surface area contributed by atoms with E-state index < -0.39 is 6.29 Å². The van der Waals surface area contributed by atoms with Crippen LogP contribution in [0.3, 0.4) is 0 Å². The van der Waals surface area contributed by atoms with Crippen molar-refractivity contribution in [3.63, 3.8) is 0 Å². The fourth-order valence-electron chi connectivity index (χ4n) is 4.38. The summed E-state index contributed by atoms with van der Waals surface area (Å²) in [6.07, 6.45) is 2.45. The number of alkyl halides is 2. The Labute approximate surface area is 165 Å². The average molecular weight is 411 g/mol. The van der Waals surface area contributed by atoms with Crippen LogP contribution in [0.5, 0.6) is 11.5 Å². The van der Waals surface area contributed by atoms with Gasteiger partial charge in [-0.3, -0.25) is 4.90 Å². The fraction of sp³-hybridized carbons (Fsp3) is 0.667. The van der Waals surface area contributed by atoms with E-state index in [1.54, 1.807) is 12.1 Å². The first kappa shape index (κ1) is 21.5. The number of ether oxygens (including phenoxy) is 2. The Hall–Kier alpha value is -0.820. The van der Waals surface area contributed by atoms with E-state index in [2.05, 4.69) is 15.0 Å². The zero-order valence-corrected chi connectivity index (χ0v) is 16.2. The maximum Gasteiger partial charge on any atom is 0.586 e. The molecule has 26 heavy (non-hydrogen) atoms. The minimum absolute atomic E-state index is 0. The van der Waals surface area contributed by atoms with Crippen molar-refractivity contribution in [2.45, 2.75) is 44.4 Å². The molecule has 1 saturated heterocycles. The van der Waals surface area contributed by atoms with Crippen molar-refractivity contribution in [2.24, 2.45) is 5.92 Å². The molecule has 0 unspecified atom stereocenters. The third-order valence-corrected chi connectivity index (χ3v) is 5.42. The standard InChI is InChI=1S/C18H24F2N2O2.2ClH/c19-18(20)23-15-8-4-7-14(17(15)24-18)16(13-5-2-1-3-6-13)22-11-9-21-10-12-22;;/h4,7-8,13,16,21H,1-3,5-6,9-12H2;2*1H/t16-;;/m1../s1. The molecule has 0 amide bonds. The molecule has 8 heteroatoms. The summed E-state index contributed by atoms with van der Waals surface area (Å²) >= 11 is 0. The molecule has 1 saturated carbocycles. The second-order valence-corrected chi connectivity index (χ2v) is 6.97. The molecule has 4 rings (SSSR count). The van der Waals surface area contributed by atoms with Gasteiger partial charge in [-0.25, -0.2) is 0 Å². The van der Waals surface area contributed by atoms with E-state index >= 15 is 0 Å². The van der Waals surface area contributed by atoms with Gasteiger partial charge in [-0.05, 0) is 24.8 Å². The second kappa shape index (κ2) is 8.91. The SMILES string of the molecule is Cl.Cl.FC1(F)Oc2cccc([C@@H](C3CCCCC3)N3CCNCC3)c2O1. The summed E-state index contributed by atoms with van der Waals surface area (Å²) in [6, 6.07) is 5.43. The molecule has 2 aliphatic heterocycles. The lowest BCUT2D eigenvalue weighted by Crippen LogP contribution is -2.47. The molecule has 0 radical (unpaired) electrons. The molecule has 1 aliphatic carbocycles. The number of benzene rings is 1. The van der Waals surface area contributed by atoms with Gasteiger partial charge >= 0.3 is 6.29 Å². The van der Waals surface area contributed by atoms with Crippen LogP contribution >= 0.6 is 24.8 Å². The number of nitrogens with zero attached hydrogens (tertiary/aromatic N) is 1. The smallest absolute Gasteiger partial charge is 0.395 e. The maximum atomic E-state index is 13.6. The number of piperazine rings is 1. The Morgan fingerprint density at radius 2 is 1.73 bits per heavy atom. The largest absolute Gasteiger partial charge is 0.586 e. The van der Waals surface area contributed by atoms with Gasteiger partial charge < -0.3 is 14.8 Å². The van der Waals surface area contributed by atoms with Gasteiger partial charge in [-0.2, -0.15) is 0 Å². The van der Waals surface area contributed by atoms with Crippen molar-refractivity contribution < 1.29 is 18.3 Å². The molecule has 1 atom stereocenters. The Kier molecular flexibility index (Phi) is 7.36. The van der Waals surface area contributed by atoms with Crippen LogP contribution < -0.4 is 14.8 Å². The van der Waals surface area contributed by atoms with Gasteiger partial charge in [0.15, 0.2) is 11.5 Å². The second-order valence-electron chi connectivity index (χ2n) is 6.97. The molecule has 2 heterocycles. The summed E-state index contributed by atoms with van der Waals surface area (Å²) < 4.78 is 36.8. The highest BCUT2D eigenvalue weighted by molar-refractivity contribution is 5.85. The maximum absolute atomic E-state index is 13.6. The first-order valence-electron chi connectivity index (χ1n) is 8.97. The van der Waals surface area contributed by atoms with Gasteiger partial charge in [-0.15, -0.1) is 33.6 Å². The Morgan fingerprint density at radius 3 is 2.42 bits per heavy atom. The number of rotatable bonds is 3. The van der Waals surface area contributed by atoms with Gasteiger partial charge in [0.05, 0.1) is 0 Å². The molecule has 1 aromatic rings. The lowest BCUT2D eigenvalue weighted by atomic mass is 9.80. The quantitative estimate of drug-likeness (QED) is 0.801. The molecule has 3 aliphatic rings. The lowest BCUT2D eigenvalue weighted by molar-refractivity contribution is -0.287. The van der Waals surface area contributed by atoms with Crippen LogP contribution in [-0.4, -0.2) is 37.4 Å². The van der Waals surface area contributed by atoms with Gasteiger partial charge in [-0.1, -0.05) is 31.4 Å². The van der Waals surface area contributed by atoms with Crippen LogP contribution in [0, 0.1) is 5.92 Å². The summed E-state index contributed by atoms with van der Waals surface area (Å²) in [7, 11) is 0. The normalized spacial score (nSPS) is 23.6. The van der Waals surface area contributed by atoms with E-state index in [-0.39, 0.29) is 42.4 Å². The number of hydrogen-bond acceptors (Lipinski definition) is 4. The van der Waals surface area contributed by atoms with E-state index in [4.69, 9.17) is 4.74 Å². The zero-order chi connectivity index (χ0) is 16.6. The Balaban J connectivity index is 0.00000121. The number of halogens is 4. The van der Waals surface area contributed by atoms with Crippen LogP contribution in [0.4, 0.5) is 8.78 Å². The number of nitrogens with one attached hydrogen (secondary N) is 1. The molecule has 1 N–H and O–H groups in total. The van der Waals surface area contributed by atoms with Crippen molar-refractivity contribution >= 4 is 24.8 Å². The number of para-hydroxylation sites is 1. The summed E-state index contributed by atoms with van der Waals surface area (Å²) in [5.41, 5.74) is 0.860. The van der Waals surface area contributed by atoms with Gasteiger partial charge in [0.2, 0.25) is 0 Å². The summed E-state index contributed by atoms with van der Waals surface area (Å²) in [4.78, 5) is 2.43. The van der Waals surface area contributed by atoms with Crippen molar-refractivity contribution in [1.82, 2.24) is 10.2 Å². The van der Waals surface area contributed by atoms with E-state index in [0.29, 0.717) is 5.92 Å². The minimum atomic E-state index is -3.56. The third kappa shape index (κ3) is 4.35. The summed E-state index contributed by atoms with van der Waals surface area (Å²) in [6.45, 7) is 3.74. The van der Waals surface area contributed by atoms with Crippen LogP contribution in [0.25, 0.3) is 0 Å². The van der Waals surface area contributed by atoms with Crippen LogP contribution in [0.2, 0.25) is 0 Å². The molecular weight excluding hydrogens is 385 g/mol. The highest BCUT2D eigenvalue weighted by Crippen LogP contribution is 2.49. The van der Waals surface area contributed by atoms with Crippen molar-refractivity contribution in [2.75, 3.05) is 26.2 Å². The zero-order valence-electron chi connectivity index (χ0n) is 14.6. The average Bonchev–Trinajstić information content (AvgIpc) is 2.92. The topological polar surface area (TPSA) is 33.7 Å². The predicted molar refractivity (Wildman–Crippen MR) is 101 cm³/mol. The first-order valence-corrected chi connectivity index (χ1v) is 8.97. The molecule has 0 aromatic heterocycles. The van der Waals surface area contributed by atoms with Crippen molar-refractivity contribution in [3.05, 3.63) is 23.8 Å². The Bertz CT molecular complexity index is 577. The van der Waals surface area contributed by atoms with Gasteiger partial charge in [0, 0.05) is 37.8 Å². The predicted octanol–water partition coefficient (Wildman–Crippen LogP) is 4.38. The molecule has 148 valence electrons. The Morgan fingerprint density at radius 1 is 1.04 bits per heavy atom. The van der Waals surface area contributed by atoms with Gasteiger partial charge in [0.25, 0.3) is 0 Å². The fourth-order valence-corrected chi connectivity index (χ4v) is 4.38. The molecular formula is C18H26Cl2F2N2O2. The van der Waals surface area contributed by atoms with Gasteiger partial charge in [0.1, 0.15) is 0 Å². The highest BCUT2D eigenvalue weighted by atomic mass is 35.5. The van der Waals surface area contributed by atoms with Crippen molar-refractivity contribution in [1.29, 1.82) is 0 Å². The molecule has 1 aromatic carbocycles. The van der Waals surface area contributed by atoms with Crippen molar-refractivity contribution in [3.8, 4) is 11.5 Å². The number of hydrogen-bond donors (Lipinski definition) is 1. The molecule has 0 bridgehead atoms. The molecule has 4 nitrogen and oxygen atoms in total. The third-order valence-electron chi connectivity index (χ3n) is 5.42. The van der Waals surface area contributed by atoms with E-state index in [1.807, 2.05) is 6.07 Å². The van der Waals surface area contributed by atoms with Crippen LogP contribution in [-0.2, 0) is 0 Å². The van der Waals surface area contributed by atoms with E-state index in [1.165, 1.54) is 19.3 Å². The molecule has 2 fully saturated rings. The van der Waals surface area contributed by atoms with Crippen LogP contribution in [0.1, 0.15) is 43.7 Å². The lowest BCUT2D eigenvalue weighted by Gasteiger charge is -2.41. The van der Waals surface area contributed by atoms with Crippen LogP contribution in [0.15, 0.2) is 18.2 Å². The highest BCUT2D eigenvalue weighted by Gasteiger charge is 2.46.